The smallest absolute Gasteiger partial charge is 0.230 e. The molecule has 0 bridgehead atoms. The zero-order valence-corrected chi connectivity index (χ0v) is 14.1. The van der Waals surface area contributed by atoms with Crippen molar-refractivity contribution in [2.75, 3.05) is 0 Å². The Hall–Kier alpha value is -3.27. The third kappa shape index (κ3) is 3.06. The van der Waals surface area contributed by atoms with Crippen molar-refractivity contribution in [2.24, 2.45) is 0 Å². The number of para-hydroxylation sites is 1. The fourth-order valence-corrected chi connectivity index (χ4v) is 2.77. The highest BCUT2D eigenvalue weighted by molar-refractivity contribution is 5.85. The van der Waals surface area contributed by atoms with E-state index in [4.69, 9.17) is 4.74 Å². The van der Waals surface area contributed by atoms with Crippen molar-refractivity contribution >= 4 is 10.9 Å². The molecular formula is C21H17N3O. The summed E-state index contributed by atoms with van der Waals surface area (Å²) in [7, 11) is 0. The average Bonchev–Trinajstić information content (AvgIpc) is 2.64. The van der Waals surface area contributed by atoms with Gasteiger partial charge in [-0.3, -0.25) is 4.98 Å². The molecule has 0 radical (unpaired) electrons. The van der Waals surface area contributed by atoms with E-state index >= 15 is 0 Å². The summed E-state index contributed by atoms with van der Waals surface area (Å²) in [5, 5.41) is 0.884. The van der Waals surface area contributed by atoms with Crippen LogP contribution in [0, 0.1) is 13.8 Å². The first kappa shape index (κ1) is 15.3. The average molecular weight is 327 g/mol. The van der Waals surface area contributed by atoms with Crippen LogP contribution in [-0.2, 0) is 0 Å². The van der Waals surface area contributed by atoms with Gasteiger partial charge in [-0.25, -0.2) is 4.98 Å². The van der Waals surface area contributed by atoms with Gasteiger partial charge in [-0.05, 0) is 49.7 Å². The first-order valence-electron chi connectivity index (χ1n) is 8.13. The normalized spacial score (nSPS) is 10.8. The summed E-state index contributed by atoms with van der Waals surface area (Å²) in [6.45, 7) is 4.10. The van der Waals surface area contributed by atoms with Crippen molar-refractivity contribution in [3.63, 3.8) is 0 Å². The van der Waals surface area contributed by atoms with Gasteiger partial charge in [0.15, 0.2) is 5.82 Å². The van der Waals surface area contributed by atoms with Gasteiger partial charge in [-0.15, -0.1) is 0 Å². The van der Waals surface area contributed by atoms with E-state index in [2.05, 4.69) is 27.9 Å². The lowest BCUT2D eigenvalue weighted by molar-refractivity contribution is 0.465. The second kappa shape index (κ2) is 6.32. The second-order valence-electron chi connectivity index (χ2n) is 5.98. The number of ether oxygens (including phenoxy) is 1. The van der Waals surface area contributed by atoms with Crippen LogP contribution in [0.2, 0.25) is 0 Å². The van der Waals surface area contributed by atoms with E-state index in [9.17, 15) is 0 Å². The Balaban J connectivity index is 1.86. The predicted octanol–water partition coefficient (Wildman–Crippen LogP) is 5.10. The SMILES string of the molecule is Cc1ccc(Oc2nc(-c3cccnc3)nc3ccccc23)c(C)c1. The van der Waals surface area contributed by atoms with Crippen LogP contribution in [0.4, 0.5) is 0 Å². The summed E-state index contributed by atoms with van der Waals surface area (Å²) >= 11 is 0. The van der Waals surface area contributed by atoms with Crippen LogP contribution in [-0.4, -0.2) is 15.0 Å². The van der Waals surface area contributed by atoms with Gasteiger partial charge in [0.25, 0.3) is 0 Å². The lowest BCUT2D eigenvalue weighted by Crippen LogP contribution is -1.97. The Morgan fingerprint density at radius 3 is 2.56 bits per heavy atom. The van der Waals surface area contributed by atoms with Crippen LogP contribution in [0.5, 0.6) is 11.6 Å². The molecule has 0 N–H and O–H groups in total. The van der Waals surface area contributed by atoms with Crippen LogP contribution >= 0.6 is 0 Å². The number of hydrogen-bond donors (Lipinski definition) is 0. The minimum absolute atomic E-state index is 0.552. The molecule has 0 saturated heterocycles. The number of fused-ring (bicyclic) bond motifs is 1. The summed E-state index contributed by atoms with van der Waals surface area (Å²) in [4.78, 5) is 13.5. The third-order valence-corrected chi connectivity index (χ3v) is 4.03. The van der Waals surface area contributed by atoms with Crippen molar-refractivity contribution < 1.29 is 4.74 Å². The molecule has 2 aromatic heterocycles. The maximum absolute atomic E-state index is 6.17. The molecule has 0 aliphatic carbocycles. The molecule has 25 heavy (non-hydrogen) atoms. The summed E-state index contributed by atoms with van der Waals surface area (Å²) in [5.74, 6) is 1.95. The maximum Gasteiger partial charge on any atom is 0.230 e. The van der Waals surface area contributed by atoms with Gasteiger partial charge in [-0.1, -0.05) is 29.8 Å². The van der Waals surface area contributed by atoms with Crippen LogP contribution in [0.15, 0.2) is 67.0 Å². The van der Waals surface area contributed by atoms with Gasteiger partial charge in [0.05, 0.1) is 10.9 Å². The monoisotopic (exact) mass is 327 g/mol. The van der Waals surface area contributed by atoms with E-state index < -0.39 is 0 Å². The molecule has 0 spiro atoms. The summed E-state index contributed by atoms with van der Waals surface area (Å²) in [5.41, 5.74) is 3.98. The van der Waals surface area contributed by atoms with E-state index in [1.54, 1.807) is 12.4 Å². The number of pyridine rings is 1. The van der Waals surface area contributed by atoms with Crippen molar-refractivity contribution in [3.8, 4) is 23.0 Å². The standard InChI is InChI=1S/C21H17N3O/c1-14-9-10-19(15(2)12-14)25-21-17-7-3-4-8-18(17)23-20(24-21)16-6-5-11-22-13-16/h3-13H,1-2H3. The minimum Gasteiger partial charge on any atom is -0.438 e. The maximum atomic E-state index is 6.17. The highest BCUT2D eigenvalue weighted by atomic mass is 16.5. The Bertz CT molecular complexity index is 1050. The summed E-state index contributed by atoms with van der Waals surface area (Å²) in [6, 6.07) is 17.8. The van der Waals surface area contributed by atoms with Crippen molar-refractivity contribution in [1.82, 2.24) is 15.0 Å². The Morgan fingerprint density at radius 1 is 0.880 bits per heavy atom. The fraction of sp³-hybridized carbons (Fsp3) is 0.0952. The Morgan fingerprint density at radius 2 is 1.76 bits per heavy atom. The predicted molar refractivity (Wildman–Crippen MR) is 98.8 cm³/mol. The summed E-state index contributed by atoms with van der Waals surface area (Å²) in [6.07, 6.45) is 3.49. The number of rotatable bonds is 3. The fourth-order valence-electron chi connectivity index (χ4n) is 2.77. The number of aromatic nitrogens is 3. The largest absolute Gasteiger partial charge is 0.438 e. The lowest BCUT2D eigenvalue weighted by Gasteiger charge is -2.12. The lowest BCUT2D eigenvalue weighted by atomic mass is 10.1. The highest BCUT2D eigenvalue weighted by Gasteiger charge is 2.12. The molecule has 0 saturated carbocycles. The third-order valence-electron chi connectivity index (χ3n) is 4.03. The molecule has 122 valence electrons. The van der Waals surface area contributed by atoms with Gasteiger partial charge in [0, 0.05) is 18.0 Å². The molecular weight excluding hydrogens is 310 g/mol. The van der Waals surface area contributed by atoms with Crippen LogP contribution in [0.25, 0.3) is 22.3 Å². The second-order valence-corrected chi connectivity index (χ2v) is 5.98. The highest BCUT2D eigenvalue weighted by Crippen LogP contribution is 2.31. The molecule has 4 heteroatoms. The van der Waals surface area contributed by atoms with Crippen molar-refractivity contribution in [3.05, 3.63) is 78.1 Å². The Labute approximate surface area is 146 Å². The minimum atomic E-state index is 0.552. The first-order chi connectivity index (χ1) is 12.2. The molecule has 0 aliphatic heterocycles. The molecule has 0 aliphatic rings. The molecule has 0 fully saturated rings. The van der Waals surface area contributed by atoms with Crippen LogP contribution < -0.4 is 4.74 Å². The zero-order valence-electron chi connectivity index (χ0n) is 14.1. The number of hydrogen-bond acceptors (Lipinski definition) is 4. The molecule has 4 nitrogen and oxygen atoms in total. The number of benzene rings is 2. The molecule has 0 amide bonds. The van der Waals surface area contributed by atoms with E-state index in [1.807, 2.05) is 55.5 Å². The van der Waals surface area contributed by atoms with E-state index in [-0.39, 0.29) is 0 Å². The van der Waals surface area contributed by atoms with Crippen molar-refractivity contribution in [1.29, 1.82) is 0 Å². The van der Waals surface area contributed by atoms with Gasteiger partial charge in [0.2, 0.25) is 5.88 Å². The molecule has 0 atom stereocenters. The molecule has 2 aromatic carbocycles. The van der Waals surface area contributed by atoms with Gasteiger partial charge in [0.1, 0.15) is 5.75 Å². The van der Waals surface area contributed by atoms with Crippen LogP contribution in [0.1, 0.15) is 11.1 Å². The molecule has 4 rings (SSSR count). The van der Waals surface area contributed by atoms with E-state index in [0.717, 1.165) is 27.8 Å². The molecule has 4 aromatic rings. The first-order valence-corrected chi connectivity index (χ1v) is 8.13. The molecule has 0 unspecified atom stereocenters. The topological polar surface area (TPSA) is 47.9 Å². The van der Waals surface area contributed by atoms with Gasteiger partial charge < -0.3 is 4.74 Å². The number of aryl methyl sites for hydroxylation is 2. The van der Waals surface area contributed by atoms with Crippen molar-refractivity contribution in [2.45, 2.75) is 13.8 Å². The van der Waals surface area contributed by atoms with Crippen LogP contribution in [0.3, 0.4) is 0 Å². The molecule has 2 heterocycles. The van der Waals surface area contributed by atoms with E-state index in [0.29, 0.717) is 11.7 Å². The number of nitrogens with zero attached hydrogens (tertiary/aromatic N) is 3. The summed E-state index contributed by atoms with van der Waals surface area (Å²) < 4.78 is 6.17. The zero-order chi connectivity index (χ0) is 17.2. The van der Waals surface area contributed by atoms with Gasteiger partial charge >= 0.3 is 0 Å². The quantitative estimate of drug-likeness (QED) is 0.525. The van der Waals surface area contributed by atoms with E-state index in [1.165, 1.54) is 5.56 Å². The Kier molecular flexibility index (Phi) is 3.86. The van der Waals surface area contributed by atoms with Gasteiger partial charge in [-0.2, -0.15) is 4.98 Å².